The molecule has 122 valence electrons. The minimum Gasteiger partial charge on any atom is -0.444 e. The quantitative estimate of drug-likeness (QED) is 0.733. The van der Waals surface area contributed by atoms with Crippen molar-refractivity contribution in [2.45, 2.75) is 20.4 Å². The second-order valence-electron chi connectivity index (χ2n) is 5.35. The Morgan fingerprint density at radius 3 is 2.79 bits per heavy atom. The van der Waals surface area contributed by atoms with Crippen molar-refractivity contribution in [1.29, 1.82) is 0 Å². The molecule has 0 bridgehead atoms. The first-order valence-corrected chi connectivity index (χ1v) is 7.61. The van der Waals surface area contributed by atoms with E-state index in [0.717, 1.165) is 22.7 Å². The Bertz CT molecular complexity index is 843. The monoisotopic (exact) mass is 322 g/mol. The molecule has 6 nitrogen and oxygen atoms in total. The van der Waals surface area contributed by atoms with E-state index in [-0.39, 0.29) is 12.5 Å². The summed E-state index contributed by atoms with van der Waals surface area (Å²) in [6.07, 6.45) is 6.75. The third-order valence-electron chi connectivity index (χ3n) is 3.54. The zero-order valence-corrected chi connectivity index (χ0v) is 13.6. The minimum atomic E-state index is -0.212. The number of hydrogen-bond acceptors (Lipinski definition) is 4. The van der Waals surface area contributed by atoms with Crippen molar-refractivity contribution < 1.29 is 9.21 Å². The molecule has 1 N–H and O–H groups in total. The van der Waals surface area contributed by atoms with Crippen molar-refractivity contribution in [1.82, 2.24) is 20.1 Å². The van der Waals surface area contributed by atoms with Crippen LogP contribution in [-0.2, 0) is 11.3 Å². The fourth-order valence-electron chi connectivity index (χ4n) is 2.15. The van der Waals surface area contributed by atoms with E-state index in [1.165, 1.54) is 6.08 Å². The van der Waals surface area contributed by atoms with E-state index in [9.17, 15) is 4.79 Å². The molecule has 0 atom stereocenters. The average molecular weight is 322 g/mol. The van der Waals surface area contributed by atoms with E-state index in [1.54, 1.807) is 17.0 Å². The highest BCUT2D eigenvalue weighted by Crippen LogP contribution is 2.09. The number of amides is 1. The van der Waals surface area contributed by atoms with Crippen LogP contribution < -0.4 is 5.32 Å². The molecular formula is C18H18N4O2. The van der Waals surface area contributed by atoms with Gasteiger partial charge in [-0.2, -0.15) is 5.10 Å². The highest BCUT2D eigenvalue weighted by Gasteiger charge is 2.06. The van der Waals surface area contributed by atoms with Crippen LogP contribution in [0.4, 0.5) is 0 Å². The smallest absolute Gasteiger partial charge is 0.244 e. The molecule has 0 fully saturated rings. The summed E-state index contributed by atoms with van der Waals surface area (Å²) >= 11 is 0. The highest BCUT2D eigenvalue weighted by molar-refractivity contribution is 5.91. The summed E-state index contributed by atoms with van der Waals surface area (Å²) in [6.45, 7) is 3.98. The second kappa shape index (κ2) is 6.95. The van der Waals surface area contributed by atoms with Gasteiger partial charge in [0.25, 0.3) is 0 Å². The van der Waals surface area contributed by atoms with Gasteiger partial charge in [0.2, 0.25) is 11.8 Å². The lowest BCUT2D eigenvalue weighted by atomic mass is 10.3. The third-order valence-corrected chi connectivity index (χ3v) is 3.54. The van der Waals surface area contributed by atoms with Crippen LogP contribution in [0, 0.1) is 13.8 Å². The molecule has 6 heteroatoms. The predicted molar refractivity (Wildman–Crippen MR) is 90.4 cm³/mol. The number of nitrogens with one attached hydrogen (secondary N) is 1. The van der Waals surface area contributed by atoms with Crippen LogP contribution >= 0.6 is 0 Å². The summed E-state index contributed by atoms with van der Waals surface area (Å²) in [5.74, 6) is 1.06. The summed E-state index contributed by atoms with van der Waals surface area (Å²) in [5, 5.41) is 7.02. The predicted octanol–water partition coefficient (Wildman–Crippen LogP) is 2.81. The van der Waals surface area contributed by atoms with Gasteiger partial charge in [-0.25, -0.2) is 9.67 Å². The molecule has 1 aromatic carbocycles. The molecule has 2 heterocycles. The first-order chi connectivity index (χ1) is 11.6. The molecule has 0 unspecified atom stereocenters. The van der Waals surface area contributed by atoms with Crippen LogP contribution in [0.15, 0.2) is 53.2 Å². The zero-order valence-electron chi connectivity index (χ0n) is 13.6. The van der Waals surface area contributed by atoms with Gasteiger partial charge < -0.3 is 9.73 Å². The van der Waals surface area contributed by atoms with Crippen LogP contribution in [0.1, 0.15) is 22.9 Å². The summed E-state index contributed by atoms with van der Waals surface area (Å²) in [7, 11) is 0. The van der Waals surface area contributed by atoms with Gasteiger partial charge in [-0.15, -0.1) is 0 Å². The SMILES string of the molecule is Cc1nc(CNC(=O)/C=C/c2cnn(-c3ccccc3)c2)oc1C. The summed E-state index contributed by atoms with van der Waals surface area (Å²) in [5.41, 5.74) is 2.65. The van der Waals surface area contributed by atoms with Crippen LogP contribution in [0.25, 0.3) is 11.8 Å². The molecule has 0 aliphatic carbocycles. The Morgan fingerprint density at radius 1 is 1.29 bits per heavy atom. The maximum atomic E-state index is 11.9. The first kappa shape index (κ1) is 15.7. The number of rotatable bonds is 5. The fraction of sp³-hybridized carbons (Fsp3) is 0.167. The summed E-state index contributed by atoms with van der Waals surface area (Å²) in [4.78, 5) is 16.1. The van der Waals surface area contributed by atoms with Gasteiger partial charge in [-0.3, -0.25) is 4.79 Å². The molecule has 2 aromatic heterocycles. The number of benzene rings is 1. The number of carbonyl (C=O) groups excluding carboxylic acids is 1. The maximum Gasteiger partial charge on any atom is 0.244 e. The topological polar surface area (TPSA) is 73.0 Å². The number of oxazole rings is 1. The van der Waals surface area contributed by atoms with Crippen molar-refractivity contribution in [2.24, 2.45) is 0 Å². The van der Waals surface area contributed by atoms with Gasteiger partial charge in [0.05, 0.1) is 24.1 Å². The normalized spacial score (nSPS) is 11.1. The average Bonchev–Trinajstić information content (AvgIpc) is 3.19. The number of hydrogen-bond donors (Lipinski definition) is 1. The molecular weight excluding hydrogens is 304 g/mol. The van der Waals surface area contributed by atoms with E-state index in [4.69, 9.17) is 4.42 Å². The van der Waals surface area contributed by atoms with Crippen LogP contribution in [-0.4, -0.2) is 20.7 Å². The van der Waals surface area contributed by atoms with Gasteiger partial charge >= 0.3 is 0 Å². The van der Waals surface area contributed by atoms with Crippen LogP contribution in [0.3, 0.4) is 0 Å². The van der Waals surface area contributed by atoms with E-state index in [2.05, 4.69) is 15.4 Å². The Labute approximate surface area is 139 Å². The maximum absolute atomic E-state index is 11.9. The van der Waals surface area contributed by atoms with Gasteiger partial charge in [-0.1, -0.05) is 18.2 Å². The fourth-order valence-corrected chi connectivity index (χ4v) is 2.15. The van der Waals surface area contributed by atoms with Gasteiger partial charge in [-0.05, 0) is 32.1 Å². The molecule has 3 rings (SSSR count). The molecule has 3 aromatic rings. The van der Waals surface area contributed by atoms with Crippen molar-refractivity contribution in [3.63, 3.8) is 0 Å². The largest absolute Gasteiger partial charge is 0.444 e. The van der Waals surface area contributed by atoms with Crippen molar-refractivity contribution in [3.8, 4) is 5.69 Å². The number of carbonyl (C=O) groups is 1. The molecule has 0 saturated heterocycles. The Balaban J connectivity index is 1.57. The third kappa shape index (κ3) is 3.78. The lowest BCUT2D eigenvalue weighted by molar-refractivity contribution is -0.116. The molecule has 0 aliphatic heterocycles. The van der Waals surface area contributed by atoms with E-state index in [0.29, 0.717) is 5.89 Å². The number of aryl methyl sites for hydroxylation is 2. The molecule has 0 spiro atoms. The standard InChI is InChI=1S/C18H18N4O2/c1-13-14(2)24-18(21-13)11-19-17(23)9-8-15-10-20-22(12-15)16-6-4-3-5-7-16/h3-10,12H,11H2,1-2H3,(H,19,23)/b9-8+. The van der Waals surface area contributed by atoms with Gasteiger partial charge in [0.15, 0.2) is 0 Å². The second-order valence-corrected chi connectivity index (χ2v) is 5.35. The minimum absolute atomic E-state index is 0.212. The van der Waals surface area contributed by atoms with Crippen molar-refractivity contribution in [2.75, 3.05) is 0 Å². The van der Waals surface area contributed by atoms with Crippen molar-refractivity contribution in [3.05, 3.63) is 71.7 Å². The molecule has 0 saturated carbocycles. The van der Waals surface area contributed by atoms with E-state index < -0.39 is 0 Å². The molecule has 0 radical (unpaired) electrons. The number of aromatic nitrogens is 3. The van der Waals surface area contributed by atoms with Gasteiger partial charge in [0, 0.05) is 17.8 Å². The lowest BCUT2D eigenvalue weighted by Gasteiger charge is -1.98. The van der Waals surface area contributed by atoms with E-state index in [1.807, 2.05) is 50.4 Å². The Kier molecular flexibility index (Phi) is 4.56. The summed E-state index contributed by atoms with van der Waals surface area (Å²) < 4.78 is 7.18. The number of nitrogens with zero attached hydrogens (tertiary/aromatic N) is 3. The van der Waals surface area contributed by atoms with E-state index >= 15 is 0 Å². The van der Waals surface area contributed by atoms with Gasteiger partial charge in [0.1, 0.15) is 5.76 Å². The Hall–Kier alpha value is -3.15. The van der Waals surface area contributed by atoms with Crippen LogP contribution in [0.2, 0.25) is 0 Å². The molecule has 24 heavy (non-hydrogen) atoms. The molecule has 1 amide bonds. The number of para-hydroxylation sites is 1. The first-order valence-electron chi connectivity index (χ1n) is 7.61. The Morgan fingerprint density at radius 2 is 2.08 bits per heavy atom. The van der Waals surface area contributed by atoms with Crippen molar-refractivity contribution >= 4 is 12.0 Å². The highest BCUT2D eigenvalue weighted by atomic mass is 16.4. The zero-order chi connectivity index (χ0) is 16.9. The molecule has 0 aliphatic rings. The van der Waals surface area contributed by atoms with Crippen LogP contribution in [0.5, 0.6) is 0 Å². The lowest BCUT2D eigenvalue weighted by Crippen LogP contribution is -2.20. The summed E-state index contributed by atoms with van der Waals surface area (Å²) in [6, 6.07) is 9.79.